The fourth-order valence-corrected chi connectivity index (χ4v) is 5.96. The number of piperazine rings is 1. The van der Waals surface area contributed by atoms with Crippen LogP contribution in [0.5, 0.6) is 0 Å². The van der Waals surface area contributed by atoms with Crippen LogP contribution in [-0.4, -0.2) is 61.2 Å². The van der Waals surface area contributed by atoms with Gasteiger partial charge in [0.25, 0.3) is 5.56 Å². The van der Waals surface area contributed by atoms with E-state index in [4.69, 9.17) is 4.42 Å². The van der Waals surface area contributed by atoms with E-state index in [9.17, 15) is 4.79 Å². The molecule has 37 heavy (non-hydrogen) atoms. The van der Waals surface area contributed by atoms with Gasteiger partial charge in [0.2, 0.25) is 0 Å². The molecule has 1 saturated heterocycles. The van der Waals surface area contributed by atoms with Crippen molar-refractivity contribution in [3.8, 4) is 0 Å². The summed E-state index contributed by atoms with van der Waals surface area (Å²) in [4.78, 5) is 21.5. The molecule has 1 aromatic carbocycles. The number of hydrogen-bond acceptors (Lipinski definition) is 7. The quantitative estimate of drug-likeness (QED) is 0.424. The topological polar surface area (TPSA) is 96.1 Å². The normalized spacial score (nSPS) is 19.0. The van der Waals surface area contributed by atoms with Crippen molar-refractivity contribution >= 4 is 10.9 Å². The summed E-state index contributed by atoms with van der Waals surface area (Å²) in [6.07, 6.45) is 7.52. The number of aromatic amines is 1. The van der Waals surface area contributed by atoms with Gasteiger partial charge in [0, 0.05) is 37.3 Å². The van der Waals surface area contributed by atoms with Gasteiger partial charge in [-0.05, 0) is 84.0 Å². The minimum absolute atomic E-state index is 0.0723. The van der Waals surface area contributed by atoms with E-state index in [1.54, 1.807) is 6.26 Å². The second kappa shape index (κ2) is 10.2. The predicted octanol–water partition coefficient (Wildman–Crippen LogP) is 4.14. The minimum atomic E-state index is -0.308. The highest BCUT2D eigenvalue weighted by molar-refractivity contribution is 5.81. The number of fused-ring (bicyclic) bond motifs is 1. The number of aryl methyl sites for hydroxylation is 2. The molecule has 9 nitrogen and oxygen atoms in total. The number of aromatic nitrogens is 5. The Bertz CT molecular complexity index is 1410. The summed E-state index contributed by atoms with van der Waals surface area (Å²) in [6.45, 7) is 8.36. The highest BCUT2D eigenvalue weighted by Crippen LogP contribution is 2.33. The number of pyridine rings is 1. The summed E-state index contributed by atoms with van der Waals surface area (Å²) < 4.78 is 7.58. The average molecular weight is 502 g/mol. The zero-order valence-electron chi connectivity index (χ0n) is 21.7. The maximum Gasteiger partial charge on any atom is 0.253 e. The molecule has 1 aliphatic carbocycles. The van der Waals surface area contributed by atoms with E-state index in [1.807, 2.05) is 16.8 Å². The van der Waals surface area contributed by atoms with Crippen LogP contribution < -0.4 is 5.56 Å². The van der Waals surface area contributed by atoms with Gasteiger partial charge in [-0.1, -0.05) is 19.3 Å². The van der Waals surface area contributed by atoms with Crippen LogP contribution in [0.1, 0.15) is 72.5 Å². The molecule has 194 valence electrons. The third-order valence-corrected chi connectivity index (χ3v) is 8.20. The second-order valence-corrected chi connectivity index (χ2v) is 10.6. The van der Waals surface area contributed by atoms with Crippen molar-refractivity contribution in [2.45, 2.75) is 64.6 Å². The van der Waals surface area contributed by atoms with Crippen LogP contribution in [-0.2, 0) is 6.54 Å². The standard InChI is InChI=1S/C28H35N7O2/c1-19-15-21-17-24(28(36)29-25(21)16-20(19)2)26(27-30-31-32-35(27)22-7-4-3-5-8-22)34-12-10-33(11-13-34)18-23-9-6-14-37-23/h6,9,14-17,22,26H,3-5,7-8,10-13,18H2,1-2H3,(H,29,36)/t26-/m0/s1. The molecule has 2 aliphatic rings. The summed E-state index contributed by atoms with van der Waals surface area (Å²) in [5.74, 6) is 1.75. The Labute approximate surface area is 216 Å². The molecule has 0 bridgehead atoms. The van der Waals surface area contributed by atoms with Crippen LogP contribution in [0.3, 0.4) is 0 Å². The summed E-state index contributed by atoms with van der Waals surface area (Å²) in [5, 5.41) is 14.2. The third-order valence-electron chi connectivity index (χ3n) is 8.20. The van der Waals surface area contributed by atoms with E-state index >= 15 is 0 Å². The van der Waals surface area contributed by atoms with Gasteiger partial charge in [-0.2, -0.15) is 0 Å². The number of nitrogens with zero attached hydrogens (tertiary/aromatic N) is 6. The summed E-state index contributed by atoms with van der Waals surface area (Å²) in [5.41, 5.74) is 3.88. The van der Waals surface area contributed by atoms with Crippen LogP contribution in [0.25, 0.3) is 10.9 Å². The van der Waals surface area contributed by atoms with Crippen LogP contribution in [0.4, 0.5) is 0 Å². The van der Waals surface area contributed by atoms with E-state index in [0.717, 1.165) is 68.1 Å². The van der Waals surface area contributed by atoms with E-state index in [2.05, 4.69) is 62.4 Å². The predicted molar refractivity (Wildman–Crippen MR) is 141 cm³/mol. The van der Waals surface area contributed by atoms with Gasteiger partial charge in [-0.25, -0.2) is 4.68 Å². The number of tetrazole rings is 1. The molecule has 1 N–H and O–H groups in total. The Hall–Kier alpha value is -3.30. The van der Waals surface area contributed by atoms with Gasteiger partial charge < -0.3 is 9.40 Å². The van der Waals surface area contributed by atoms with Crippen molar-refractivity contribution in [3.63, 3.8) is 0 Å². The molecule has 1 saturated carbocycles. The second-order valence-electron chi connectivity index (χ2n) is 10.6. The van der Waals surface area contributed by atoms with Gasteiger partial charge in [-0.3, -0.25) is 14.6 Å². The molecular formula is C28H35N7O2. The maximum atomic E-state index is 13.6. The van der Waals surface area contributed by atoms with Gasteiger partial charge in [-0.15, -0.1) is 5.10 Å². The molecule has 0 amide bonds. The lowest BCUT2D eigenvalue weighted by molar-refractivity contribution is 0.0937. The Morgan fingerprint density at radius 1 is 1.05 bits per heavy atom. The molecule has 1 atom stereocenters. The van der Waals surface area contributed by atoms with Crippen molar-refractivity contribution in [2.24, 2.45) is 0 Å². The molecular weight excluding hydrogens is 466 g/mol. The first-order valence-corrected chi connectivity index (χ1v) is 13.5. The number of furan rings is 1. The first kappa shape index (κ1) is 24.1. The van der Waals surface area contributed by atoms with E-state index in [-0.39, 0.29) is 17.6 Å². The number of rotatable bonds is 6. The Balaban J connectivity index is 1.37. The van der Waals surface area contributed by atoms with E-state index in [0.29, 0.717) is 5.56 Å². The minimum Gasteiger partial charge on any atom is -0.468 e. The number of H-pyrrole nitrogens is 1. The smallest absolute Gasteiger partial charge is 0.253 e. The number of nitrogens with one attached hydrogen (secondary N) is 1. The summed E-state index contributed by atoms with van der Waals surface area (Å²) in [7, 11) is 0. The SMILES string of the molecule is Cc1cc2cc([C@@H](c3nnnn3C3CCCCC3)N3CCN(Cc4ccco4)CC3)c(=O)[nH]c2cc1C. The molecule has 2 fully saturated rings. The highest BCUT2D eigenvalue weighted by Gasteiger charge is 2.34. The van der Waals surface area contributed by atoms with Crippen molar-refractivity contribution in [1.82, 2.24) is 35.0 Å². The first-order valence-electron chi connectivity index (χ1n) is 13.5. The Morgan fingerprint density at radius 3 is 2.59 bits per heavy atom. The zero-order valence-corrected chi connectivity index (χ0v) is 21.7. The largest absolute Gasteiger partial charge is 0.468 e. The monoisotopic (exact) mass is 501 g/mol. The van der Waals surface area contributed by atoms with E-state index in [1.165, 1.54) is 30.4 Å². The third kappa shape index (κ3) is 4.85. The summed E-state index contributed by atoms with van der Waals surface area (Å²) >= 11 is 0. The molecule has 0 radical (unpaired) electrons. The lowest BCUT2D eigenvalue weighted by atomic mass is 9.95. The number of hydrogen-bond donors (Lipinski definition) is 1. The van der Waals surface area contributed by atoms with E-state index < -0.39 is 0 Å². The highest BCUT2D eigenvalue weighted by atomic mass is 16.3. The van der Waals surface area contributed by atoms with Crippen molar-refractivity contribution in [2.75, 3.05) is 26.2 Å². The maximum absolute atomic E-state index is 13.6. The Morgan fingerprint density at radius 2 is 1.84 bits per heavy atom. The van der Waals surface area contributed by atoms with Crippen LogP contribution in [0, 0.1) is 13.8 Å². The van der Waals surface area contributed by atoms with Crippen molar-refractivity contribution in [3.05, 3.63) is 75.2 Å². The molecule has 6 rings (SSSR count). The number of benzene rings is 1. The van der Waals surface area contributed by atoms with Gasteiger partial charge in [0.05, 0.1) is 18.8 Å². The van der Waals surface area contributed by atoms with Gasteiger partial charge in [0.1, 0.15) is 11.8 Å². The molecule has 3 aromatic heterocycles. The van der Waals surface area contributed by atoms with Crippen LogP contribution >= 0.6 is 0 Å². The lowest BCUT2D eigenvalue weighted by Crippen LogP contribution is -2.48. The molecule has 1 aliphatic heterocycles. The fraction of sp³-hybridized carbons (Fsp3) is 0.500. The Kier molecular flexibility index (Phi) is 6.65. The average Bonchev–Trinajstić information content (AvgIpc) is 3.60. The molecule has 9 heteroatoms. The molecule has 4 aromatic rings. The zero-order chi connectivity index (χ0) is 25.4. The molecule has 0 unspecified atom stereocenters. The molecule has 4 heterocycles. The van der Waals surface area contributed by atoms with Crippen LogP contribution in [0.15, 0.2) is 45.8 Å². The van der Waals surface area contributed by atoms with Crippen molar-refractivity contribution < 1.29 is 4.42 Å². The molecule has 0 spiro atoms. The van der Waals surface area contributed by atoms with Gasteiger partial charge >= 0.3 is 0 Å². The fourth-order valence-electron chi connectivity index (χ4n) is 5.96. The summed E-state index contributed by atoms with van der Waals surface area (Å²) in [6, 6.07) is 10.2. The lowest BCUT2D eigenvalue weighted by Gasteiger charge is -2.38. The van der Waals surface area contributed by atoms with Crippen molar-refractivity contribution in [1.29, 1.82) is 0 Å². The van der Waals surface area contributed by atoms with Gasteiger partial charge in [0.15, 0.2) is 5.82 Å². The van der Waals surface area contributed by atoms with Crippen LogP contribution in [0.2, 0.25) is 0 Å². The first-order chi connectivity index (χ1) is 18.1.